The Hall–Kier alpha value is -2.59. The SMILES string of the molecule is CC(C)(C)c1ccc(C(c2ccc(OCCCI)cc2)(c2ccc(C(C)(C)C)cc2)c2ccc(C(C)(C)C)cc2)cc1. The van der Waals surface area contributed by atoms with Gasteiger partial charge in [0, 0.05) is 4.43 Å². The van der Waals surface area contributed by atoms with Gasteiger partial charge in [-0.1, -0.05) is 170 Å². The zero-order chi connectivity index (χ0) is 30.8. The maximum atomic E-state index is 6.09. The summed E-state index contributed by atoms with van der Waals surface area (Å²) in [6, 6.07) is 36.8. The van der Waals surface area contributed by atoms with Crippen molar-refractivity contribution in [3.63, 3.8) is 0 Å². The molecule has 0 unspecified atom stereocenters. The molecule has 4 aromatic rings. The van der Waals surface area contributed by atoms with Crippen LogP contribution in [-0.4, -0.2) is 11.0 Å². The number of rotatable bonds is 8. The molecule has 4 rings (SSSR count). The fourth-order valence-electron chi connectivity index (χ4n) is 5.71. The van der Waals surface area contributed by atoms with E-state index >= 15 is 0 Å². The smallest absolute Gasteiger partial charge is 0.119 e. The highest BCUT2D eigenvalue weighted by Crippen LogP contribution is 2.47. The maximum Gasteiger partial charge on any atom is 0.119 e. The maximum absolute atomic E-state index is 6.09. The van der Waals surface area contributed by atoms with Gasteiger partial charge in [-0.2, -0.15) is 0 Å². The topological polar surface area (TPSA) is 9.23 Å². The van der Waals surface area contributed by atoms with Crippen molar-refractivity contribution in [2.45, 2.75) is 90.4 Å². The van der Waals surface area contributed by atoms with Crippen LogP contribution in [0.25, 0.3) is 0 Å². The van der Waals surface area contributed by atoms with Crippen LogP contribution in [0.3, 0.4) is 0 Å². The summed E-state index contributed by atoms with van der Waals surface area (Å²) < 4.78 is 7.18. The van der Waals surface area contributed by atoms with Gasteiger partial charge in [-0.3, -0.25) is 0 Å². The van der Waals surface area contributed by atoms with Crippen LogP contribution in [0.15, 0.2) is 97.1 Å². The van der Waals surface area contributed by atoms with Crippen molar-refractivity contribution < 1.29 is 4.74 Å². The number of hydrogen-bond donors (Lipinski definition) is 0. The van der Waals surface area contributed by atoms with Gasteiger partial charge in [0.15, 0.2) is 0 Å². The minimum atomic E-state index is -0.496. The van der Waals surface area contributed by atoms with E-state index in [-0.39, 0.29) is 16.2 Å². The summed E-state index contributed by atoms with van der Waals surface area (Å²) in [6.07, 6.45) is 1.05. The fourth-order valence-corrected chi connectivity index (χ4v) is 6.02. The lowest BCUT2D eigenvalue weighted by atomic mass is 9.64. The minimum absolute atomic E-state index is 0.0842. The van der Waals surface area contributed by atoms with Gasteiger partial charge in [0.1, 0.15) is 5.75 Å². The number of halogens is 1. The number of hydrogen-bond acceptors (Lipinski definition) is 1. The van der Waals surface area contributed by atoms with Crippen molar-refractivity contribution >= 4 is 22.6 Å². The molecular formula is C40H49IO. The quantitative estimate of drug-likeness (QED) is 0.0784. The van der Waals surface area contributed by atoms with Crippen molar-refractivity contribution in [1.29, 1.82) is 0 Å². The van der Waals surface area contributed by atoms with E-state index in [0.29, 0.717) is 0 Å². The predicted octanol–water partition coefficient (Wildman–Crippen LogP) is 11.2. The average molecular weight is 673 g/mol. The van der Waals surface area contributed by atoms with Crippen molar-refractivity contribution in [2.24, 2.45) is 0 Å². The predicted molar refractivity (Wildman–Crippen MR) is 190 cm³/mol. The molecule has 0 aromatic heterocycles. The Balaban J connectivity index is 2.01. The first kappa shape index (κ1) is 32.3. The number of benzene rings is 4. The molecule has 2 heteroatoms. The lowest BCUT2D eigenvalue weighted by Crippen LogP contribution is -2.31. The van der Waals surface area contributed by atoms with E-state index in [1.54, 1.807) is 0 Å². The highest BCUT2D eigenvalue weighted by molar-refractivity contribution is 14.1. The van der Waals surface area contributed by atoms with Gasteiger partial charge in [0.05, 0.1) is 12.0 Å². The van der Waals surface area contributed by atoms with E-state index in [0.717, 1.165) is 23.2 Å². The Labute approximate surface area is 269 Å². The molecule has 0 saturated heterocycles. The molecule has 0 aliphatic heterocycles. The lowest BCUT2D eigenvalue weighted by Gasteiger charge is -2.38. The standard InChI is InChI=1S/C40H49IO/c1-37(2,3)29-11-17-32(18-12-29)40(33-19-13-30(14-20-33)38(4,5)6,34-21-15-31(16-22-34)39(7,8)9)35-23-25-36(26-24-35)42-28-10-27-41/h11-26H,10,27-28H2,1-9H3. The van der Waals surface area contributed by atoms with Crippen LogP contribution in [0.5, 0.6) is 5.75 Å². The Morgan fingerprint density at radius 1 is 0.429 bits per heavy atom. The second-order valence-corrected chi connectivity index (χ2v) is 15.7. The Morgan fingerprint density at radius 2 is 0.690 bits per heavy atom. The van der Waals surface area contributed by atoms with Gasteiger partial charge in [0.2, 0.25) is 0 Å². The molecule has 0 aliphatic carbocycles. The summed E-state index contributed by atoms with van der Waals surface area (Å²) in [7, 11) is 0. The zero-order valence-electron chi connectivity index (χ0n) is 27.1. The van der Waals surface area contributed by atoms with E-state index in [4.69, 9.17) is 4.74 Å². The molecule has 0 aliphatic rings. The van der Waals surface area contributed by atoms with Gasteiger partial charge in [0.25, 0.3) is 0 Å². The van der Waals surface area contributed by atoms with Crippen LogP contribution in [0.1, 0.15) is 108 Å². The summed E-state index contributed by atoms with van der Waals surface area (Å²) in [4.78, 5) is 0. The lowest BCUT2D eigenvalue weighted by molar-refractivity contribution is 0.319. The summed E-state index contributed by atoms with van der Waals surface area (Å²) in [5.74, 6) is 0.923. The zero-order valence-corrected chi connectivity index (χ0v) is 29.3. The fraction of sp³-hybridized carbons (Fsp3) is 0.400. The van der Waals surface area contributed by atoms with E-state index in [2.05, 4.69) is 182 Å². The molecule has 222 valence electrons. The molecule has 0 radical (unpaired) electrons. The second kappa shape index (κ2) is 12.6. The van der Waals surface area contributed by atoms with Gasteiger partial charge < -0.3 is 4.74 Å². The highest BCUT2D eigenvalue weighted by Gasteiger charge is 2.39. The van der Waals surface area contributed by atoms with Crippen LogP contribution >= 0.6 is 22.6 Å². The van der Waals surface area contributed by atoms with Crippen LogP contribution in [0.4, 0.5) is 0 Å². The van der Waals surface area contributed by atoms with Crippen molar-refractivity contribution in [3.8, 4) is 5.75 Å². The third kappa shape index (κ3) is 6.96. The Kier molecular flexibility index (Phi) is 9.67. The first-order valence-corrected chi connectivity index (χ1v) is 16.8. The number of ether oxygens (including phenoxy) is 1. The minimum Gasteiger partial charge on any atom is -0.494 e. The third-order valence-electron chi connectivity index (χ3n) is 8.39. The summed E-state index contributed by atoms with van der Waals surface area (Å²) in [6.45, 7) is 21.3. The van der Waals surface area contributed by atoms with Crippen LogP contribution in [-0.2, 0) is 21.7 Å². The molecule has 42 heavy (non-hydrogen) atoms. The Bertz CT molecular complexity index is 1280. The highest BCUT2D eigenvalue weighted by atomic mass is 127. The van der Waals surface area contributed by atoms with Crippen LogP contribution in [0, 0.1) is 0 Å². The molecule has 1 nitrogen and oxygen atoms in total. The van der Waals surface area contributed by atoms with E-state index in [9.17, 15) is 0 Å². The molecule has 0 amide bonds. The first-order valence-electron chi connectivity index (χ1n) is 15.3. The van der Waals surface area contributed by atoms with E-state index in [1.807, 2.05) is 0 Å². The number of alkyl halides is 1. The van der Waals surface area contributed by atoms with E-state index < -0.39 is 5.41 Å². The molecule has 0 heterocycles. The monoisotopic (exact) mass is 672 g/mol. The third-order valence-corrected chi connectivity index (χ3v) is 9.15. The Morgan fingerprint density at radius 3 is 0.952 bits per heavy atom. The van der Waals surface area contributed by atoms with Crippen molar-refractivity contribution in [1.82, 2.24) is 0 Å². The summed E-state index contributed by atoms with van der Waals surface area (Å²) in [5.41, 5.74) is 8.80. The molecule has 0 N–H and O–H groups in total. The summed E-state index contributed by atoms with van der Waals surface area (Å²) in [5, 5.41) is 0. The average Bonchev–Trinajstić information content (AvgIpc) is 2.94. The van der Waals surface area contributed by atoms with Gasteiger partial charge in [-0.15, -0.1) is 0 Å². The summed E-state index contributed by atoms with van der Waals surface area (Å²) >= 11 is 2.41. The second-order valence-electron chi connectivity index (χ2n) is 14.6. The molecule has 0 atom stereocenters. The van der Waals surface area contributed by atoms with Crippen LogP contribution in [0.2, 0.25) is 0 Å². The van der Waals surface area contributed by atoms with Crippen LogP contribution < -0.4 is 4.74 Å². The molecule has 0 spiro atoms. The van der Waals surface area contributed by atoms with Crippen molar-refractivity contribution in [2.75, 3.05) is 11.0 Å². The van der Waals surface area contributed by atoms with Gasteiger partial charge in [-0.05, 0) is 73.7 Å². The molecular weight excluding hydrogens is 623 g/mol. The molecule has 0 fully saturated rings. The van der Waals surface area contributed by atoms with Gasteiger partial charge >= 0.3 is 0 Å². The largest absolute Gasteiger partial charge is 0.494 e. The van der Waals surface area contributed by atoms with E-state index in [1.165, 1.54) is 38.9 Å². The molecule has 0 saturated carbocycles. The van der Waals surface area contributed by atoms with Gasteiger partial charge in [-0.25, -0.2) is 0 Å². The molecule has 0 bridgehead atoms. The first-order chi connectivity index (χ1) is 19.7. The van der Waals surface area contributed by atoms with Crippen molar-refractivity contribution in [3.05, 3.63) is 136 Å². The normalized spacial score (nSPS) is 12.8. The molecule has 4 aromatic carbocycles.